The molecule has 0 radical (unpaired) electrons. The molecular formula is C17H15NO2. The summed E-state index contributed by atoms with van der Waals surface area (Å²) in [5, 5.41) is 0.993. The van der Waals surface area contributed by atoms with E-state index in [0.29, 0.717) is 5.75 Å². The van der Waals surface area contributed by atoms with E-state index in [-0.39, 0.29) is 5.56 Å². The zero-order valence-electron chi connectivity index (χ0n) is 11.4. The summed E-state index contributed by atoms with van der Waals surface area (Å²) in [6.45, 7) is 2.03. The first-order valence-electron chi connectivity index (χ1n) is 6.47. The summed E-state index contributed by atoms with van der Waals surface area (Å²) in [5.74, 6) is 0.356. The molecule has 0 amide bonds. The lowest BCUT2D eigenvalue weighted by Gasteiger charge is -2.12. The van der Waals surface area contributed by atoms with Crippen molar-refractivity contribution in [3.8, 4) is 16.9 Å². The minimum absolute atomic E-state index is 0.206. The largest absolute Gasteiger partial charge is 0.491 e. The molecule has 20 heavy (non-hydrogen) atoms. The predicted molar refractivity (Wildman–Crippen MR) is 81.3 cm³/mol. The Morgan fingerprint density at radius 3 is 2.50 bits per heavy atom. The van der Waals surface area contributed by atoms with Crippen LogP contribution in [-0.2, 0) is 0 Å². The number of benzene rings is 2. The average molecular weight is 265 g/mol. The molecule has 1 heterocycles. The SMILES string of the molecule is COc1c(-c2ccccc2)c2cc(C)ccc2[nH]c1=O. The molecule has 0 saturated heterocycles. The van der Waals surface area contributed by atoms with Gasteiger partial charge in [0, 0.05) is 16.5 Å². The van der Waals surface area contributed by atoms with Crippen molar-refractivity contribution in [2.45, 2.75) is 6.92 Å². The number of hydrogen-bond donors (Lipinski definition) is 1. The summed E-state index contributed by atoms with van der Waals surface area (Å²) in [5.41, 5.74) is 3.58. The molecule has 1 aromatic heterocycles. The maximum absolute atomic E-state index is 12.2. The number of aryl methyl sites for hydroxylation is 1. The van der Waals surface area contributed by atoms with E-state index in [0.717, 1.165) is 27.6 Å². The quantitative estimate of drug-likeness (QED) is 0.770. The predicted octanol–water partition coefficient (Wildman–Crippen LogP) is 3.51. The Labute approximate surface area is 116 Å². The minimum atomic E-state index is -0.206. The Balaban J connectivity index is 2.48. The average Bonchev–Trinajstić information content (AvgIpc) is 2.47. The number of fused-ring (bicyclic) bond motifs is 1. The molecule has 3 rings (SSSR count). The van der Waals surface area contributed by atoms with E-state index in [2.05, 4.69) is 11.1 Å². The van der Waals surface area contributed by atoms with E-state index in [1.54, 1.807) is 0 Å². The molecule has 100 valence electrons. The number of aromatic amines is 1. The molecule has 0 unspecified atom stereocenters. The van der Waals surface area contributed by atoms with Crippen molar-refractivity contribution in [3.63, 3.8) is 0 Å². The molecule has 0 atom stereocenters. The highest BCUT2D eigenvalue weighted by Crippen LogP contribution is 2.33. The maximum Gasteiger partial charge on any atom is 0.291 e. The summed E-state index contributed by atoms with van der Waals surface area (Å²) in [6.07, 6.45) is 0. The number of aromatic nitrogens is 1. The van der Waals surface area contributed by atoms with Crippen LogP contribution >= 0.6 is 0 Å². The molecule has 0 fully saturated rings. The Kier molecular flexibility index (Phi) is 3.03. The van der Waals surface area contributed by atoms with E-state index < -0.39 is 0 Å². The molecule has 0 spiro atoms. The third-order valence-electron chi connectivity index (χ3n) is 3.39. The lowest BCUT2D eigenvalue weighted by molar-refractivity contribution is 0.411. The minimum Gasteiger partial charge on any atom is -0.491 e. The molecule has 0 saturated carbocycles. The van der Waals surface area contributed by atoms with Crippen molar-refractivity contribution in [3.05, 3.63) is 64.4 Å². The van der Waals surface area contributed by atoms with Gasteiger partial charge in [0.25, 0.3) is 5.56 Å². The molecule has 2 aromatic carbocycles. The van der Waals surface area contributed by atoms with Gasteiger partial charge >= 0.3 is 0 Å². The van der Waals surface area contributed by atoms with Gasteiger partial charge < -0.3 is 9.72 Å². The van der Waals surface area contributed by atoms with Gasteiger partial charge in [-0.2, -0.15) is 0 Å². The van der Waals surface area contributed by atoms with Crippen molar-refractivity contribution in [1.82, 2.24) is 4.98 Å². The van der Waals surface area contributed by atoms with Gasteiger partial charge in [-0.1, -0.05) is 42.0 Å². The first-order valence-corrected chi connectivity index (χ1v) is 6.47. The normalized spacial score (nSPS) is 10.7. The van der Waals surface area contributed by atoms with Crippen molar-refractivity contribution < 1.29 is 4.74 Å². The summed E-state index contributed by atoms with van der Waals surface area (Å²) in [6, 6.07) is 15.8. The second kappa shape index (κ2) is 4.85. The monoisotopic (exact) mass is 265 g/mol. The van der Waals surface area contributed by atoms with E-state index in [1.807, 2.05) is 49.4 Å². The highest BCUT2D eigenvalue weighted by atomic mass is 16.5. The summed E-state index contributed by atoms with van der Waals surface area (Å²) < 4.78 is 5.33. The molecule has 0 bridgehead atoms. The van der Waals surface area contributed by atoms with Crippen LogP contribution in [0, 0.1) is 6.92 Å². The number of H-pyrrole nitrogens is 1. The maximum atomic E-state index is 12.2. The van der Waals surface area contributed by atoms with Gasteiger partial charge in [0.05, 0.1) is 7.11 Å². The Morgan fingerprint density at radius 1 is 1.05 bits per heavy atom. The highest BCUT2D eigenvalue weighted by Gasteiger charge is 2.14. The number of ether oxygens (including phenoxy) is 1. The van der Waals surface area contributed by atoms with Crippen LogP contribution < -0.4 is 10.3 Å². The number of methoxy groups -OCH3 is 1. The number of hydrogen-bond acceptors (Lipinski definition) is 2. The Morgan fingerprint density at radius 2 is 1.80 bits per heavy atom. The van der Waals surface area contributed by atoms with Gasteiger partial charge in [-0.05, 0) is 24.6 Å². The molecule has 3 heteroatoms. The van der Waals surface area contributed by atoms with Crippen LogP contribution in [0.1, 0.15) is 5.56 Å². The lowest BCUT2D eigenvalue weighted by atomic mass is 9.99. The van der Waals surface area contributed by atoms with Crippen LogP contribution in [0.3, 0.4) is 0 Å². The summed E-state index contributed by atoms with van der Waals surface area (Å²) in [7, 11) is 1.53. The first kappa shape index (κ1) is 12.5. The highest BCUT2D eigenvalue weighted by molar-refractivity contribution is 5.97. The van der Waals surface area contributed by atoms with Gasteiger partial charge in [-0.15, -0.1) is 0 Å². The van der Waals surface area contributed by atoms with Crippen molar-refractivity contribution >= 4 is 10.9 Å². The Hall–Kier alpha value is -2.55. The van der Waals surface area contributed by atoms with Gasteiger partial charge in [-0.25, -0.2) is 0 Å². The van der Waals surface area contributed by atoms with Crippen LogP contribution in [-0.4, -0.2) is 12.1 Å². The van der Waals surface area contributed by atoms with Gasteiger partial charge in [-0.3, -0.25) is 4.79 Å². The van der Waals surface area contributed by atoms with Crippen molar-refractivity contribution in [1.29, 1.82) is 0 Å². The number of pyridine rings is 1. The number of rotatable bonds is 2. The van der Waals surface area contributed by atoms with Crippen LogP contribution in [0.2, 0.25) is 0 Å². The zero-order valence-corrected chi connectivity index (χ0v) is 11.4. The van der Waals surface area contributed by atoms with E-state index >= 15 is 0 Å². The number of nitrogens with one attached hydrogen (secondary N) is 1. The molecule has 3 nitrogen and oxygen atoms in total. The van der Waals surface area contributed by atoms with E-state index in [1.165, 1.54) is 7.11 Å². The lowest BCUT2D eigenvalue weighted by Crippen LogP contribution is -2.11. The van der Waals surface area contributed by atoms with Crippen LogP contribution in [0.5, 0.6) is 5.75 Å². The first-order chi connectivity index (χ1) is 9.70. The third-order valence-corrected chi connectivity index (χ3v) is 3.39. The fourth-order valence-electron chi connectivity index (χ4n) is 2.48. The molecule has 1 N–H and O–H groups in total. The summed E-state index contributed by atoms with van der Waals surface area (Å²) in [4.78, 5) is 15.0. The zero-order chi connectivity index (χ0) is 14.1. The third kappa shape index (κ3) is 1.97. The molecule has 0 aliphatic heterocycles. The second-order valence-corrected chi connectivity index (χ2v) is 4.78. The molecule has 0 aliphatic rings. The van der Waals surface area contributed by atoms with Gasteiger partial charge in [0.1, 0.15) is 0 Å². The smallest absolute Gasteiger partial charge is 0.291 e. The molecular weight excluding hydrogens is 250 g/mol. The molecule has 0 aliphatic carbocycles. The van der Waals surface area contributed by atoms with E-state index in [9.17, 15) is 4.79 Å². The molecule has 3 aromatic rings. The van der Waals surface area contributed by atoms with Crippen LogP contribution in [0.15, 0.2) is 53.3 Å². The van der Waals surface area contributed by atoms with Crippen LogP contribution in [0.4, 0.5) is 0 Å². The van der Waals surface area contributed by atoms with E-state index in [4.69, 9.17) is 4.74 Å². The van der Waals surface area contributed by atoms with Crippen LogP contribution in [0.25, 0.3) is 22.0 Å². The summed E-state index contributed by atoms with van der Waals surface area (Å²) >= 11 is 0. The van der Waals surface area contributed by atoms with Crippen molar-refractivity contribution in [2.24, 2.45) is 0 Å². The fourth-order valence-corrected chi connectivity index (χ4v) is 2.48. The second-order valence-electron chi connectivity index (χ2n) is 4.78. The standard InChI is InChI=1S/C17H15NO2/c1-11-8-9-14-13(10-11)15(12-6-4-3-5-7-12)16(20-2)17(19)18-14/h3-10H,1-2H3,(H,18,19). The van der Waals surface area contributed by atoms with Gasteiger partial charge in [0.15, 0.2) is 5.75 Å². The van der Waals surface area contributed by atoms with Crippen molar-refractivity contribution in [2.75, 3.05) is 7.11 Å². The Bertz CT molecular complexity index is 820. The topological polar surface area (TPSA) is 42.1 Å². The fraction of sp³-hybridized carbons (Fsp3) is 0.118. The van der Waals surface area contributed by atoms with Gasteiger partial charge in [0.2, 0.25) is 0 Å².